The predicted molar refractivity (Wildman–Crippen MR) is 159 cm³/mol. The van der Waals surface area contributed by atoms with Crippen LogP contribution in [0.5, 0.6) is 0 Å². The molecule has 1 fully saturated rings. The molecule has 43 heavy (non-hydrogen) atoms. The molecule has 0 aromatic rings. The monoisotopic (exact) mass is 640 g/mol. The molecule has 0 bridgehead atoms. The summed E-state index contributed by atoms with van der Waals surface area (Å²) < 4.78 is 59.4. The third-order valence-electron chi connectivity index (χ3n) is 6.17. The Balaban J connectivity index is 2.04. The molecule has 1 rings (SSSR count). The van der Waals surface area contributed by atoms with Crippen molar-refractivity contribution in [3.63, 3.8) is 0 Å². The van der Waals surface area contributed by atoms with Gasteiger partial charge in [-0.25, -0.2) is 13.2 Å². The number of aliphatic hydroxyl groups is 1. The highest BCUT2D eigenvalue weighted by Crippen LogP contribution is 2.14. The minimum Gasteiger partial charge on any atom is -0.445 e. The average Bonchev–Trinajstić information content (AvgIpc) is 3.00. The van der Waals surface area contributed by atoms with Crippen molar-refractivity contribution in [1.29, 1.82) is 0 Å². The van der Waals surface area contributed by atoms with Crippen molar-refractivity contribution in [3.05, 3.63) is 10.4 Å². The van der Waals surface area contributed by atoms with Gasteiger partial charge in [0, 0.05) is 44.3 Å². The number of carbonyl (C=O) groups is 1. The Labute approximate surface area is 255 Å². The molecule has 252 valence electrons. The fraction of sp³-hybridized carbons (Fsp3) is 0.962. The van der Waals surface area contributed by atoms with E-state index in [-0.39, 0.29) is 18.9 Å². The Hall–Kier alpha value is -1.79. The van der Waals surface area contributed by atoms with Crippen molar-refractivity contribution in [1.82, 2.24) is 14.9 Å². The second-order valence-corrected chi connectivity index (χ2v) is 11.7. The van der Waals surface area contributed by atoms with Crippen LogP contribution in [0.25, 0.3) is 10.4 Å². The first-order chi connectivity index (χ1) is 21.0. The summed E-state index contributed by atoms with van der Waals surface area (Å²) in [5, 5.41) is 18.2. The zero-order valence-electron chi connectivity index (χ0n) is 25.4. The maximum atomic E-state index is 12.8. The van der Waals surface area contributed by atoms with Crippen LogP contribution in [0.15, 0.2) is 5.11 Å². The number of nitrogens with one attached hydrogen (secondary N) is 2. The number of rotatable bonds is 29. The Kier molecular flexibility index (Phi) is 25.3. The van der Waals surface area contributed by atoms with Gasteiger partial charge in [0.2, 0.25) is 10.0 Å². The number of hydrogen-bond acceptors (Lipinski definition) is 12. The fourth-order valence-electron chi connectivity index (χ4n) is 3.94. The normalized spacial score (nSPS) is 14.7. The fourth-order valence-corrected chi connectivity index (χ4v) is 5.56. The molecular weight excluding hydrogens is 588 g/mol. The van der Waals surface area contributed by atoms with E-state index in [0.717, 1.165) is 38.8 Å². The highest BCUT2D eigenvalue weighted by atomic mass is 32.2. The smallest absolute Gasteiger partial charge is 0.407 e. The van der Waals surface area contributed by atoms with Crippen molar-refractivity contribution in [2.24, 2.45) is 5.11 Å². The zero-order chi connectivity index (χ0) is 31.3. The Morgan fingerprint density at radius 3 is 2.16 bits per heavy atom. The summed E-state index contributed by atoms with van der Waals surface area (Å²) in [5.74, 6) is -0.255. The van der Waals surface area contributed by atoms with Gasteiger partial charge in [0.25, 0.3) is 0 Å². The van der Waals surface area contributed by atoms with Crippen LogP contribution in [-0.2, 0) is 38.4 Å². The van der Waals surface area contributed by atoms with Gasteiger partial charge in [-0.15, -0.1) is 0 Å². The molecule has 0 aromatic heterocycles. The lowest BCUT2D eigenvalue weighted by Gasteiger charge is -2.28. The van der Waals surface area contributed by atoms with Crippen molar-refractivity contribution in [2.45, 2.75) is 44.6 Å². The Morgan fingerprint density at radius 1 is 0.884 bits per heavy atom. The number of nitrogens with zero attached hydrogens (tertiary/aromatic N) is 4. The van der Waals surface area contributed by atoms with E-state index < -0.39 is 22.2 Å². The summed E-state index contributed by atoms with van der Waals surface area (Å²) >= 11 is 0. The van der Waals surface area contributed by atoms with E-state index in [0.29, 0.717) is 98.5 Å². The number of morpholine rings is 1. The van der Waals surface area contributed by atoms with Crippen molar-refractivity contribution < 1.29 is 46.7 Å². The highest BCUT2D eigenvalue weighted by Gasteiger charge is 2.29. The molecule has 17 heteroatoms. The van der Waals surface area contributed by atoms with E-state index in [4.69, 9.17) is 39.1 Å². The first-order valence-electron chi connectivity index (χ1n) is 15.1. The van der Waals surface area contributed by atoms with Gasteiger partial charge in [-0.2, -0.15) is 4.31 Å². The van der Waals surface area contributed by atoms with Crippen molar-refractivity contribution in [3.8, 4) is 0 Å². The summed E-state index contributed by atoms with van der Waals surface area (Å²) in [5.41, 5.74) is 8.15. The number of unbranched alkanes of at least 4 members (excludes halogenated alkanes) is 2. The van der Waals surface area contributed by atoms with E-state index in [1.807, 2.05) is 0 Å². The first-order valence-corrected chi connectivity index (χ1v) is 16.7. The number of carbonyl (C=O) groups excluding carboxylic acids is 1. The van der Waals surface area contributed by atoms with E-state index in [1.54, 1.807) is 0 Å². The van der Waals surface area contributed by atoms with E-state index >= 15 is 0 Å². The summed E-state index contributed by atoms with van der Waals surface area (Å²) in [6.07, 6.45) is 2.84. The lowest BCUT2D eigenvalue weighted by molar-refractivity contribution is -0.00116. The van der Waals surface area contributed by atoms with Crippen molar-refractivity contribution >= 4 is 16.1 Å². The van der Waals surface area contributed by atoms with Gasteiger partial charge >= 0.3 is 6.09 Å². The molecule has 0 spiro atoms. The van der Waals surface area contributed by atoms with Crippen LogP contribution in [0.2, 0.25) is 0 Å². The molecule has 1 amide bonds. The molecule has 0 saturated carbocycles. The molecule has 1 unspecified atom stereocenters. The second-order valence-electron chi connectivity index (χ2n) is 9.68. The molecular formula is C26H52N6O10S. The molecule has 16 nitrogen and oxygen atoms in total. The second kappa shape index (κ2) is 27.7. The molecule has 1 atom stereocenters. The van der Waals surface area contributed by atoms with Gasteiger partial charge in [-0.05, 0) is 50.7 Å². The minimum atomic E-state index is -3.57. The summed E-state index contributed by atoms with van der Waals surface area (Å²) in [6.45, 7) is 7.43. The van der Waals surface area contributed by atoms with Gasteiger partial charge in [0.05, 0.1) is 59.5 Å². The van der Waals surface area contributed by atoms with Crippen LogP contribution < -0.4 is 10.6 Å². The Morgan fingerprint density at radius 2 is 1.51 bits per heavy atom. The third kappa shape index (κ3) is 23.3. The maximum absolute atomic E-state index is 12.8. The van der Waals surface area contributed by atoms with Gasteiger partial charge in [-0.1, -0.05) is 11.5 Å². The number of hydrogen-bond donors (Lipinski definition) is 3. The number of ether oxygens (including phenoxy) is 6. The number of sulfonamides is 1. The quantitative estimate of drug-likeness (QED) is 0.0456. The zero-order valence-corrected chi connectivity index (χ0v) is 26.2. The number of amides is 1. The van der Waals surface area contributed by atoms with E-state index in [9.17, 15) is 13.2 Å². The molecule has 1 aliphatic rings. The lowest BCUT2D eigenvalue weighted by atomic mass is 10.1. The number of alkyl carbamates (subject to hydrolysis) is 1. The van der Waals surface area contributed by atoms with E-state index in [2.05, 4.69) is 20.7 Å². The molecule has 0 aromatic carbocycles. The molecule has 3 N–H and O–H groups in total. The van der Waals surface area contributed by atoms with Crippen LogP contribution in [0, 0.1) is 0 Å². The van der Waals surface area contributed by atoms with Gasteiger partial charge in [-0.3, -0.25) is 0 Å². The van der Waals surface area contributed by atoms with Crippen LogP contribution in [0.3, 0.4) is 0 Å². The molecule has 1 aliphatic heterocycles. The van der Waals surface area contributed by atoms with Crippen LogP contribution in [0.4, 0.5) is 4.79 Å². The first kappa shape index (κ1) is 39.2. The third-order valence-corrected chi connectivity index (χ3v) is 8.12. The van der Waals surface area contributed by atoms with E-state index in [1.165, 1.54) is 4.31 Å². The largest absolute Gasteiger partial charge is 0.445 e. The SMILES string of the molecule is [N-]=[N+]=NCCOCCOCCOCCOCCCNCCCCCC(CS(=O)(=O)N1CCOCC1)OC(=O)NCCCO. The van der Waals surface area contributed by atoms with Crippen LogP contribution in [0.1, 0.15) is 38.5 Å². The summed E-state index contributed by atoms with van der Waals surface area (Å²) in [6, 6.07) is 0. The standard InChI is InChI=1S/C26H52N6O10S/c27-31-30-10-15-38-19-21-41-23-22-40-20-18-37-14-5-8-28-7-3-1-2-6-25(42-26(34)29-9-4-13-33)24-43(35,36)32-11-16-39-17-12-32/h25,28,33H,1-24H2,(H,29,34). The number of aliphatic hydroxyl groups excluding tert-OH is 1. The van der Waals surface area contributed by atoms with Gasteiger partial charge < -0.3 is 44.2 Å². The predicted octanol–water partition coefficient (Wildman–Crippen LogP) is 1.04. The highest BCUT2D eigenvalue weighted by molar-refractivity contribution is 7.89. The molecule has 0 aliphatic carbocycles. The minimum absolute atomic E-state index is 0.0514. The van der Waals surface area contributed by atoms with Crippen molar-refractivity contribution in [2.75, 3.05) is 118 Å². The average molecular weight is 641 g/mol. The lowest BCUT2D eigenvalue weighted by Crippen LogP contribution is -2.44. The number of azide groups is 1. The molecule has 1 saturated heterocycles. The maximum Gasteiger partial charge on any atom is 0.407 e. The van der Waals surface area contributed by atoms with Gasteiger partial charge in [0.1, 0.15) is 11.9 Å². The van der Waals surface area contributed by atoms with Crippen LogP contribution >= 0.6 is 0 Å². The van der Waals surface area contributed by atoms with Gasteiger partial charge in [0.15, 0.2) is 0 Å². The topological polar surface area (TPSA) is 203 Å². The Bertz CT molecular complexity index is 829. The molecule has 1 heterocycles. The summed E-state index contributed by atoms with van der Waals surface area (Å²) in [7, 11) is -3.57. The summed E-state index contributed by atoms with van der Waals surface area (Å²) in [4.78, 5) is 14.8. The molecule has 0 radical (unpaired) electrons. The van der Waals surface area contributed by atoms with Crippen LogP contribution in [-0.4, -0.2) is 148 Å².